The number of benzene rings is 2. The molecule has 0 atom stereocenters. The van der Waals surface area contributed by atoms with Gasteiger partial charge in [0.2, 0.25) is 0 Å². The summed E-state index contributed by atoms with van der Waals surface area (Å²) < 4.78 is 53.7. The van der Waals surface area contributed by atoms with Crippen LogP contribution in [0.25, 0.3) is 10.9 Å². The standard InChI is InChI=1S/C27H28F4N2O/c1-17-12-26(13-17)14-21(15-26)32-25(34)22-16-33(10-9-28)23-4-2-3-19(24(22)23)11-18-5-7-20(8-6-18)27(29,30)31/h2-8,16-17,21H,9-15H2,1H3,(H,32,34). The Hall–Kier alpha value is -2.83. The van der Waals surface area contributed by atoms with Crippen LogP contribution in [0.5, 0.6) is 0 Å². The fourth-order valence-electron chi connectivity index (χ4n) is 6.16. The Morgan fingerprint density at radius 1 is 1.09 bits per heavy atom. The van der Waals surface area contributed by atoms with Crippen molar-refractivity contribution < 1.29 is 22.4 Å². The van der Waals surface area contributed by atoms with Crippen molar-refractivity contribution in [3.63, 3.8) is 0 Å². The quantitative estimate of drug-likeness (QED) is 0.407. The van der Waals surface area contributed by atoms with Crippen molar-refractivity contribution in [2.45, 2.75) is 57.8 Å². The van der Waals surface area contributed by atoms with E-state index in [1.54, 1.807) is 10.8 Å². The van der Waals surface area contributed by atoms with Gasteiger partial charge >= 0.3 is 6.18 Å². The topological polar surface area (TPSA) is 34.0 Å². The number of aromatic nitrogens is 1. The first-order valence-corrected chi connectivity index (χ1v) is 11.8. The fourth-order valence-corrected chi connectivity index (χ4v) is 6.16. The summed E-state index contributed by atoms with van der Waals surface area (Å²) in [5.74, 6) is 0.595. The normalized spacial score (nSPS) is 24.1. The summed E-state index contributed by atoms with van der Waals surface area (Å²) in [6.45, 7) is 1.84. The zero-order valence-corrected chi connectivity index (χ0v) is 19.1. The first-order chi connectivity index (χ1) is 16.2. The van der Waals surface area contributed by atoms with Crippen molar-refractivity contribution in [1.29, 1.82) is 0 Å². The van der Waals surface area contributed by atoms with E-state index in [-0.39, 0.29) is 18.5 Å². The predicted molar refractivity (Wildman–Crippen MR) is 123 cm³/mol. The average molecular weight is 473 g/mol. The van der Waals surface area contributed by atoms with E-state index < -0.39 is 18.4 Å². The zero-order chi connectivity index (χ0) is 24.1. The molecular formula is C27H28F4N2O. The Balaban J connectivity index is 1.42. The highest BCUT2D eigenvalue weighted by Gasteiger charge is 2.51. The van der Waals surface area contributed by atoms with E-state index in [0.717, 1.165) is 47.4 Å². The Bertz CT molecular complexity index is 1200. The largest absolute Gasteiger partial charge is 0.416 e. The monoisotopic (exact) mass is 472 g/mol. The average Bonchev–Trinajstić information content (AvgIpc) is 3.11. The molecule has 3 nitrogen and oxygen atoms in total. The summed E-state index contributed by atoms with van der Waals surface area (Å²) in [5.41, 5.74) is 2.51. The lowest BCUT2D eigenvalue weighted by Gasteiger charge is -2.57. The number of alkyl halides is 4. The first kappa shape index (κ1) is 22.9. The second kappa shape index (κ2) is 8.43. The van der Waals surface area contributed by atoms with Crippen LogP contribution in [0.1, 0.15) is 59.7 Å². The molecule has 2 aliphatic carbocycles. The molecular weight excluding hydrogens is 444 g/mol. The molecule has 0 radical (unpaired) electrons. The van der Waals surface area contributed by atoms with E-state index in [1.807, 2.05) is 18.2 Å². The van der Waals surface area contributed by atoms with Crippen LogP contribution in [0.3, 0.4) is 0 Å². The molecule has 0 bridgehead atoms. The van der Waals surface area contributed by atoms with Gasteiger partial charge in [-0.3, -0.25) is 4.79 Å². The van der Waals surface area contributed by atoms with Gasteiger partial charge in [0.15, 0.2) is 0 Å². The van der Waals surface area contributed by atoms with Gasteiger partial charge in [0.25, 0.3) is 5.91 Å². The second-order valence-electron chi connectivity index (χ2n) is 10.2. The van der Waals surface area contributed by atoms with Crippen LogP contribution in [0, 0.1) is 11.3 Å². The molecule has 1 heterocycles. The number of hydrogen-bond donors (Lipinski definition) is 1. The number of carbonyl (C=O) groups is 1. The summed E-state index contributed by atoms with van der Waals surface area (Å²) in [6.07, 6.45) is 2.16. The van der Waals surface area contributed by atoms with Crippen molar-refractivity contribution in [1.82, 2.24) is 9.88 Å². The van der Waals surface area contributed by atoms with E-state index in [9.17, 15) is 22.4 Å². The maximum Gasteiger partial charge on any atom is 0.416 e. The summed E-state index contributed by atoms with van der Waals surface area (Å²) in [5, 5.41) is 3.90. The summed E-state index contributed by atoms with van der Waals surface area (Å²) >= 11 is 0. The molecule has 1 amide bonds. The molecule has 0 saturated heterocycles. The molecule has 1 spiro atoms. The van der Waals surface area contributed by atoms with Gasteiger partial charge in [0.05, 0.1) is 17.7 Å². The van der Waals surface area contributed by atoms with E-state index in [1.165, 1.54) is 25.0 Å². The first-order valence-electron chi connectivity index (χ1n) is 11.8. The Labute approximate surface area is 196 Å². The fraction of sp³-hybridized carbons (Fsp3) is 0.444. The third-order valence-corrected chi connectivity index (χ3v) is 7.50. The number of carbonyl (C=O) groups excluding carboxylic acids is 1. The Kier molecular flexibility index (Phi) is 5.69. The van der Waals surface area contributed by atoms with Gasteiger partial charge in [0, 0.05) is 23.1 Å². The highest BCUT2D eigenvalue weighted by atomic mass is 19.4. The van der Waals surface area contributed by atoms with Gasteiger partial charge in [-0.05, 0) is 72.8 Å². The highest BCUT2D eigenvalue weighted by Crippen LogP contribution is 2.58. The predicted octanol–water partition coefficient (Wildman–Crippen LogP) is 6.53. The number of nitrogens with one attached hydrogen (secondary N) is 1. The van der Waals surface area contributed by atoms with Crippen molar-refractivity contribution >= 4 is 16.8 Å². The second-order valence-corrected chi connectivity index (χ2v) is 10.2. The lowest BCUT2D eigenvalue weighted by molar-refractivity contribution is -0.137. The number of halogens is 4. The molecule has 2 aliphatic rings. The van der Waals surface area contributed by atoms with Gasteiger partial charge < -0.3 is 9.88 Å². The van der Waals surface area contributed by atoms with Crippen LogP contribution in [0.2, 0.25) is 0 Å². The number of nitrogens with zero attached hydrogens (tertiary/aromatic N) is 1. The summed E-state index contributed by atoms with van der Waals surface area (Å²) in [4.78, 5) is 13.3. The maximum atomic E-state index is 13.3. The molecule has 1 N–H and O–H groups in total. The van der Waals surface area contributed by atoms with Crippen molar-refractivity contribution in [3.05, 3.63) is 70.9 Å². The van der Waals surface area contributed by atoms with Crippen molar-refractivity contribution in [2.24, 2.45) is 11.3 Å². The molecule has 2 aromatic carbocycles. The summed E-state index contributed by atoms with van der Waals surface area (Å²) in [7, 11) is 0. The van der Waals surface area contributed by atoms with E-state index in [2.05, 4.69) is 12.2 Å². The zero-order valence-electron chi connectivity index (χ0n) is 19.1. The smallest absolute Gasteiger partial charge is 0.349 e. The summed E-state index contributed by atoms with van der Waals surface area (Å²) in [6, 6.07) is 10.8. The highest BCUT2D eigenvalue weighted by molar-refractivity contribution is 6.08. The lowest BCUT2D eigenvalue weighted by atomic mass is 9.50. The van der Waals surface area contributed by atoms with Crippen LogP contribution < -0.4 is 5.32 Å². The van der Waals surface area contributed by atoms with Crippen LogP contribution in [0.4, 0.5) is 17.6 Å². The molecule has 34 heavy (non-hydrogen) atoms. The van der Waals surface area contributed by atoms with E-state index >= 15 is 0 Å². The Morgan fingerprint density at radius 3 is 2.41 bits per heavy atom. The number of hydrogen-bond acceptors (Lipinski definition) is 1. The van der Waals surface area contributed by atoms with Gasteiger partial charge in [-0.15, -0.1) is 0 Å². The SMILES string of the molecule is CC1CC2(C1)CC(NC(=O)c1cn(CCF)c3cccc(Cc4ccc(C(F)(F)F)cc4)c13)C2. The molecule has 1 aromatic heterocycles. The van der Waals surface area contributed by atoms with Gasteiger partial charge in [0.1, 0.15) is 6.67 Å². The van der Waals surface area contributed by atoms with Crippen LogP contribution in [-0.2, 0) is 19.1 Å². The van der Waals surface area contributed by atoms with E-state index in [0.29, 0.717) is 23.0 Å². The molecule has 2 saturated carbocycles. The maximum absolute atomic E-state index is 13.3. The van der Waals surface area contributed by atoms with Gasteiger partial charge in [-0.2, -0.15) is 13.2 Å². The molecule has 0 aliphatic heterocycles. The molecule has 7 heteroatoms. The minimum absolute atomic E-state index is 0.137. The molecule has 3 aromatic rings. The molecule has 180 valence electrons. The lowest BCUT2D eigenvalue weighted by Crippen LogP contribution is -2.55. The number of rotatable bonds is 6. The minimum Gasteiger partial charge on any atom is -0.349 e. The molecule has 5 rings (SSSR count). The number of amides is 1. The minimum atomic E-state index is -4.38. The van der Waals surface area contributed by atoms with E-state index in [4.69, 9.17) is 0 Å². The number of fused-ring (bicyclic) bond motifs is 1. The van der Waals surface area contributed by atoms with Crippen molar-refractivity contribution in [3.8, 4) is 0 Å². The van der Waals surface area contributed by atoms with Crippen LogP contribution in [0.15, 0.2) is 48.7 Å². The molecule has 2 fully saturated rings. The third kappa shape index (κ3) is 4.21. The van der Waals surface area contributed by atoms with Crippen molar-refractivity contribution in [2.75, 3.05) is 6.67 Å². The van der Waals surface area contributed by atoms with Crippen LogP contribution >= 0.6 is 0 Å². The Morgan fingerprint density at radius 2 is 1.79 bits per heavy atom. The van der Waals surface area contributed by atoms with Gasteiger partial charge in [-0.1, -0.05) is 31.2 Å². The molecule has 0 unspecified atom stereocenters. The number of aryl methyl sites for hydroxylation is 1. The van der Waals surface area contributed by atoms with Crippen LogP contribution in [-0.4, -0.2) is 23.2 Å². The van der Waals surface area contributed by atoms with Gasteiger partial charge in [-0.25, -0.2) is 4.39 Å². The third-order valence-electron chi connectivity index (χ3n) is 7.50.